The Hall–Kier alpha value is -1.42. The average Bonchev–Trinajstić information content (AvgIpc) is 2.16. The summed E-state index contributed by atoms with van der Waals surface area (Å²) in [6.07, 6.45) is -1.18. The highest BCUT2D eigenvalue weighted by Gasteiger charge is 2.13. The van der Waals surface area contributed by atoms with Gasteiger partial charge in [0.25, 0.3) is 0 Å². The highest BCUT2D eigenvalue weighted by Crippen LogP contribution is 2.10. The van der Waals surface area contributed by atoms with Gasteiger partial charge >= 0.3 is 5.97 Å². The van der Waals surface area contributed by atoms with Crippen molar-refractivity contribution >= 4 is 5.97 Å². The Morgan fingerprint density at radius 1 is 1.43 bits per heavy atom. The van der Waals surface area contributed by atoms with E-state index in [2.05, 4.69) is 0 Å². The van der Waals surface area contributed by atoms with Gasteiger partial charge in [-0.25, -0.2) is 9.18 Å². The molecule has 0 saturated heterocycles. The summed E-state index contributed by atoms with van der Waals surface area (Å²) in [5.74, 6) is -1.65. The van der Waals surface area contributed by atoms with Gasteiger partial charge in [0.1, 0.15) is 5.82 Å². The van der Waals surface area contributed by atoms with Crippen LogP contribution in [0.25, 0.3) is 0 Å². The molecule has 0 bridgehead atoms. The lowest BCUT2D eigenvalue weighted by Crippen LogP contribution is -2.20. The van der Waals surface area contributed by atoms with Crippen LogP contribution in [0.1, 0.15) is 12.0 Å². The quantitative estimate of drug-likeness (QED) is 0.764. The number of carboxylic acid groups (broad SMARTS) is 1. The molecule has 2 N–H and O–H groups in total. The van der Waals surface area contributed by atoms with E-state index < -0.39 is 12.1 Å². The third-order valence-electron chi connectivity index (χ3n) is 1.93. The van der Waals surface area contributed by atoms with E-state index in [0.29, 0.717) is 5.56 Å². The number of carbonyl (C=O) groups is 1. The highest BCUT2D eigenvalue weighted by molar-refractivity contribution is 5.71. The van der Waals surface area contributed by atoms with E-state index in [1.807, 2.05) is 0 Å². The summed E-state index contributed by atoms with van der Waals surface area (Å²) in [4.78, 5) is 10.3. The molecule has 0 fully saturated rings. The van der Waals surface area contributed by atoms with Gasteiger partial charge in [-0.1, -0.05) is 18.2 Å². The monoisotopic (exact) mass is 198 g/mol. The van der Waals surface area contributed by atoms with Crippen molar-refractivity contribution in [3.05, 3.63) is 35.6 Å². The SMILES string of the molecule is O=C(O)[C@@H](O)CCc1ccccc1F. The average molecular weight is 198 g/mol. The van der Waals surface area contributed by atoms with Crippen LogP contribution in [0.15, 0.2) is 24.3 Å². The summed E-state index contributed by atoms with van der Waals surface area (Å²) in [6, 6.07) is 6.12. The summed E-state index contributed by atoms with van der Waals surface area (Å²) in [7, 11) is 0. The molecule has 1 atom stereocenters. The number of halogens is 1. The molecule has 0 spiro atoms. The van der Waals surface area contributed by atoms with Crippen LogP contribution >= 0.6 is 0 Å². The van der Waals surface area contributed by atoms with Crippen LogP contribution in [0.4, 0.5) is 4.39 Å². The zero-order chi connectivity index (χ0) is 10.6. The fraction of sp³-hybridized carbons (Fsp3) is 0.300. The lowest BCUT2D eigenvalue weighted by Gasteiger charge is -2.05. The van der Waals surface area contributed by atoms with Gasteiger partial charge < -0.3 is 10.2 Å². The number of aliphatic hydroxyl groups is 1. The van der Waals surface area contributed by atoms with Crippen molar-refractivity contribution in [3.63, 3.8) is 0 Å². The van der Waals surface area contributed by atoms with E-state index in [4.69, 9.17) is 10.2 Å². The Bertz CT molecular complexity index is 325. The molecule has 1 aromatic carbocycles. The van der Waals surface area contributed by atoms with E-state index in [9.17, 15) is 9.18 Å². The third-order valence-corrected chi connectivity index (χ3v) is 1.93. The molecule has 1 rings (SSSR count). The molecule has 3 nitrogen and oxygen atoms in total. The van der Waals surface area contributed by atoms with Gasteiger partial charge in [0, 0.05) is 0 Å². The van der Waals surface area contributed by atoms with Crippen LogP contribution in [0, 0.1) is 5.82 Å². The van der Waals surface area contributed by atoms with Crippen molar-refractivity contribution in [2.45, 2.75) is 18.9 Å². The number of carboxylic acids is 1. The molecule has 0 amide bonds. The molecule has 0 heterocycles. The predicted octanol–water partition coefficient (Wildman–Crippen LogP) is 1.20. The second-order valence-corrected chi connectivity index (χ2v) is 2.98. The number of rotatable bonds is 4. The zero-order valence-electron chi connectivity index (χ0n) is 7.48. The molecule has 0 radical (unpaired) electrons. The maximum Gasteiger partial charge on any atom is 0.332 e. The van der Waals surface area contributed by atoms with Gasteiger partial charge in [-0.15, -0.1) is 0 Å². The normalized spacial score (nSPS) is 12.4. The van der Waals surface area contributed by atoms with Gasteiger partial charge in [-0.3, -0.25) is 0 Å². The van der Waals surface area contributed by atoms with E-state index >= 15 is 0 Å². The molecular weight excluding hydrogens is 187 g/mol. The van der Waals surface area contributed by atoms with Gasteiger partial charge in [-0.2, -0.15) is 0 Å². The fourth-order valence-corrected chi connectivity index (χ4v) is 1.12. The Morgan fingerprint density at radius 3 is 2.64 bits per heavy atom. The van der Waals surface area contributed by atoms with Gasteiger partial charge in [0.15, 0.2) is 6.10 Å². The summed E-state index contributed by atoms with van der Waals surface area (Å²) >= 11 is 0. The Labute approximate surface area is 80.8 Å². The number of aliphatic carboxylic acids is 1. The largest absolute Gasteiger partial charge is 0.479 e. The number of benzene rings is 1. The van der Waals surface area contributed by atoms with Crippen molar-refractivity contribution < 1.29 is 19.4 Å². The predicted molar refractivity (Wildman–Crippen MR) is 48.4 cm³/mol. The maximum atomic E-state index is 13.0. The molecule has 0 unspecified atom stereocenters. The Morgan fingerprint density at radius 2 is 2.07 bits per heavy atom. The third kappa shape index (κ3) is 2.81. The van der Waals surface area contributed by atoms with Crippen molar-refractivity contribution in [3.8, 4) is 0 Å². The van der Waals surface area contributed by atoms with Gasteiger partial charge in [-0.05, 0) is 24.5 Å². The van der Waals surface area contributed by atoms with Crippen LogP contribution in [0.2, 0.25) is 0 Å². The first-order valence-corrected chi connectivity index (χ1v) is 4.25. The van der Waals surface area contributed by atoms with Crippen molar-refractivity contribution in [2.75, 3.05) is 0 Å². The maximum absolute atomic E-state index is 13.0. The van der Waals surface area contributed by atoms with Crippen LogP contribution in [-0.4, -0.2) is 22.3 Å². The molecule has 1 aromatic rings. The minimum Gasteiger partial charge on any atom is -0.479 e. The summed E-state index contributed by atoms with van der Waals surface area (Å²) in [5.41, 5.74) is 0.424. The smallest absolute Gasteiger partial charge is 0.332 e. The molecule has 0 aromatic heterocycles. The number of aryl methyl sites for hydroxylation is 1. The van der Waals surface area contributed by atoms with E-state index in [1.165, 1.54) is 6.07 Å². The standard InChI is InChI=1S/C10H11FO3/c11-8-4-2-1-3-7(8)5-6-9(12)10(13)14/h1-4,9,12H,5-6H2,(H,13,14)/t9-/m0/s1. The number of hydrogen-bond donors (Lipinski definition) is 2. The first-order chi connectivity index (χ1) is 6.61. The van der Waals surface area contributed by atoms with Gasteiger partial charge in [0.05, 0.1) is 0 Å². The summed E-state index contributed by atoms with van der Waals surface area (Å²) < 4.78 is 13.0. The van der Waals surface area contributed by atoms with E-state index in [0.717, 1.165) is 0 Å². The summed E-state index contributed by atoms with van der Waals surface area (Å²) in [6.45, 7) is 0. The lowest BCUT2D eigenvalue weighted by molar-refractivity contribution is -0.146. The molecule has 0 aliphatic rings. The van der Waals surface area contributed by atoms with Crippen molar-refractivity contribution in [1.82, 2.24) is 0 Å². The van der Waals surface area contributed by atoms with Gasteiger partial charge in [0.2, 0.25) is 0 Å². The zero-order valence-corrected chi connectivity index (χ0v) is 7.48. The first kappa shape index (κ1) is 10.7. The molecular formula is C10H11FO3. The van der Waals surface area contributed by atoms with Crippen LogP contribution in [0.3, 0.4) is 0 Å². The molecule has 14 heavy (non-hydrogen) atoms. The van der Waals surface area contributed by atoms with Crippen LogP contribution < -0.4 is 0 Å². The fourth-order valence-electron chi connectivity index (χ4n) is 1.12. The topological polar surface area (TPSA) is 57.5 Å². The van der Waals surface area contributed by atoms with Crippen LogP contribution in [-0.2, 0) is 11.2 Å². The number of hydrogen-bond acceptors (Lipinski definition) is 2. The molecule has 0 aliphatic carbocycles. The van der Waals surface area contributed by atoms with Crippen molar-refractivity contribution in [2.24, 2.45) is 0 Å². The van der Waals surface area contributed by atoms with E-state index in [1.54, 1.807) is 18.2 Å². The second kappa shape index (κ2) is 4.72. The Kier molecular flexibility index (Phi) is 3.59. The minimum atomic E-state index is -1.42. The molecule has 0 aliphatic heterocycles. The summed E-state index contributed by atoms with van der Waals surface area (Å²) in [5, 5.41) is 17.3. The Balaban J connectivity index is 2.54. The van der Waals surface area contributed by atoms with E-state index in [-0.39, 0.29) is 18.7 Å². The number of aliphatic hydroxyl groups excluding tert-OH is 1. The van der Waals surface area contributed by atoms with Crippen molar-refractivity contribution in [1.29, 1.82) is 0 Å². The molecule has 0 saturated carbocycles. The molecule has 76 valence electrons. The first-order valence-electron chi connectivity index (χ1n) is 4.25. The minimum absolute atomic E-state index is 0.0241. The lowest BCUT2D eigenvalue weighted by atomic mass is 10.1. The second-order valence-electron chi connectivity index (χ2n) is 2.98. The highest BCUT2D eigenvalue weighted by atomic mass is 19.1. The van der Waals surface area contributed by atoms with Crippen LogP contribution in [0.5, 0.6) is 0 Å². The molecule has 4 heteroatoms.